The highest BCUT2D eigenvalue weighted by Crippen LogP contribution is 2.22. The monoisotopic (exact) mass is 280 g/mol. The number of aromatic nitrogens is 1. The van der Waals surface area contributed by atoms with Crippen molar-refractivity contribution in [1.82, 2.24) is 9.88 Å². The Balaban J connectivity index is 1.86. The molecule has 1 saturated heterocycles. The van der Waals surface area contributed by atoms with Crippen LogP contribution in [0.1, 0.15) is 32.9 Å². The molecule has 1 aromatic rings. The number of pyridine rings is 1. The third-order valence-corrected chi connectivity index (χ3v) is 3.22. The van der Waals surface area contributed by atoms with Gasteiger partial charge in [0.15, 0.2) is 0 Å². The second kappa shape index (κ2) is 5.77. The maximum Gasteiger partial charge on any atom is 0.410 e. The summed E-state index contributed by atoms with van der Waals surface area (Å²) in [6.45, 7) is 6.97. The molecule has 0 spiro atoms. The third kappa shape index (κ3) is 4.18. The lowest BCUT2D eigenvalue weighted by Crippen LogP contribution is -2.35. The Kier molecular flexibility index (Phi) is 4.26. The van der Waals surface area contributed by atoms with Crippen LogP contribution in [0.15, 0.2) is 18.3 Å². The zero-order valence-electron chi connectivity index (χ0n) is 12.2. The number of hydrogen-bond donors (Lipinski definition) is 0. The van der Waals surface area contributed by atoms with Crippen LogP contribution in [0.5, 0.6) is 0 Å². The number of carbonyl (C=O) groups excluding carboxylic acids is 1. The van der Waals surface area contributed by atoms with Gasteiger partial charge in [0.2, 0.25) is 0 Å². The summed E-state index contributed by atoms with van der Waals surface area (Å²) in [6, 6.07) is 3.12. The van der Waals surface area contributed by atoms with Crippen LogP contribution < -0.4 is 0 Å². The number of amides is 1. The predicted octanol–water partition coefficient (Wildman–Crippen LogP) is 3.02. The number of likely N-dealkylation sites (tertiary alicyclic amines) is 1. The van der Waals surface area contributed by atoms with Gasteiger partial charge in [0.1, 0.15) is 11.4 Å². The summed E-state index contributed by atoms with van der Waals surface area (Å²) >= 11 is 0. The van der Waals surface area contributed by atoms with Crippen molar-refractivity contribution in [3.63, 3.8) is 0 Å². The SMILES string of the molecule is CC(C)(C)OC(=O)N1CC[C@H](Cc2ccc(F)cn2)C1. The predicted molar refractivity (Wildman–Crippen MR) is 73.8 cm³/mol. The van der Waals surface area contributed by atoms with Gasteiger partial charge in [0.25, 0.3) is 0 Å². The summed E-state index contributed by atoms with van der Waals surface area (Å²) in [6.07, 6.45) is 2.67. The second-order valence-corrected chi connectivity index (χ2v) is 6.25. The number of hydrogen-bond acceptors (Lipinski definition) is 3. The van der Waals surface area contributed by atoms with Crippen molar-refractivity contribution in [1.29, 1.82) is 0 Å². The van der Waals surface area contributed by atoms with Gasteiger partial charge >= 0.3 is 6.09 Å². The first-order valence-corrected chi connectivity index (χ1v) is 6.92. The number of carbonyl (C=O) groups is 1. The highest BCUT2D eigenvalue weighted by Gasteiger charge is 2.29. The van der Waals surface area contributed by atoms with Crippen LogP contribution in [0.4, 0.5) is 9.18 Å². The van der Waals surface area contributed by atoms with Gasteiger partial charge in [-0.05, 0) is 51.7 Å². The van der Waals surface area contributed by atoms with Crippen LogP contribution in [0.3, 0.4) is 0 Å². The van der Waals surface area contributed by atoms with E-state index in [9.17, 15) is 9.18 Å². The molecule has 1 aliphatic heterocycles. The molecule has 1 fully saturated rings. The largest absolute Gasteiger partial charge is 0.444 e. The summed E-state index contributed by atoms with van der Waals surface area (Å²) in [5, 5.41) is 0. The van der Waals surface area contributed by atoms with Crippen LogP contribution in [0.2, 0.25) is 0 Å². The lowest BCUT2D eigenvalue weighted by Gasteiger charge is -2.24. The van der Waals surface area contributed by atoms with Crippen molar-refractivity contribution < 1.29 is 13.9 Å². The molecule has 5 heteroatoms. The van der Waals surface area contributed by atoms with Gasteiger partial charge < -0.3 is 9.64 Å². The summed E-state index contributed by atoms with van der Waals surface area (Å²) in [5.74, 6) is 0.0380. The molecule has 110 valence electrons. The Morgan fingerprint density at radius 2 is 2.25 bits per heavy atom. The van der Waals surface area contributed by atoms with Crippen molar-refractivity contribution in [2.24, 2.45) is 5.92 Å². The summed E-state index contributed by atoms with van der Waals surface area (Å²) in [4.78, 5) is 17.7. The molecule has 2 rings (SSSR count). The lowest BCUT2D eigenvalue weighted by atomic mass is 10.0. The van der Waals surface area contributed by atoms with E-state index >= 15 is 0 Å². The minimum atomic E-state index is -0.465. The number of nitrogens with zero attached hydrogens (tertiary/aromatic N) is 2. The summed E-state index contributed by atoms with van der Waals surface area (Å²) < 4.78 is 18.2. The molecule has 0 radical (unpaired) electrons. The lowest BCUT2D eigenvalue weighted by molar-refractivity contribution is 0.0288. The van der Waals surface area contributed by atoms with Gasteiger partial charge in [-0.3, -0.25) is 4.98 Å². The van der Waals surface area contributed by atoms with Crippen LogP contribution >= 0.6 is 0 Å². The molecule has 1 aromatic heterocycles. The average Bonchev–Trinajstić information content (AvgIpc) is 2.79. The maximum absolute atomic E-state index is 12.8. The maximum atomic E-state index is 12.8. The van der Waals surface area contributed by atoms with Crippen molar-refractivity contribution in [2.45, 2.75) is 39.2 Å². The number of rotatable bonds is 2. The summed E-state index contributed by atoms with van der Waals surface area (Å²) in [5.41, 5.74) is 0.399. The fourth-order valence-electron chi connectivity index (χ4n) is 2.31. The van der Waals surface area contributed by atoms with E-state index in [2.05, 4.69) is 4.98 Å². The van der Waals surface area contributed by atoms with Crippen LogP contribution in [0.25, 0.3) is 0 Å². The molecule has 4 nitrogen and oxygen atoms in total. The van der Waals surface area contributed by atoms with E-state index < -0.39 is 5.60 Å². The van der Waals surface area contributed by atoms with Crippen molar-refractivity contribution in [3.05, 3.63) is 29.8 Å². The Hall–Kier alpha value is -1.65. The molecule has 0 bridgehead atoms. The standard InChI is InChI=1S/C15H21FN2O2/c1-15(2,3)20-14(19)18-7-6-11(10-18)8-13-5-4-12(16)9-17-13/h4-5,9,11H,6-8,10H2,1-3H3/t11-/m1/s1. The molecule has 0 unspecified atom stereocenters. The van der Waals surface area contributed by atoms with Gasteiger partial charge in [-0.2, -0.15) is 0 Å². The van der Waals surface area contributed by atoms with Gasteiger partial charge in [-0.25, -0.2) is 9.18 Å². The van der Waals surface area contributed by atoms with E-state index in [0.29, 0.717) is 19.0 Å². The molecule has 0 aromatic carbocycles. The van der Waals surface area contributed by atoms with E-state index in [-0.39, 0.29) is 11.9 Å². The molecule has 0 aliphatic carbocycles. The molecule has 2 heterocycles. The summed E-state index contributed by atoms with van der Waals surface area (Å²) in [7, 11) is 0. The van der Waals surface area contributed by atoms with E-state index in [4.69, 9.17) is 4.74 Å². The van der Waals surface area contributed by atoms with Crippen LogP contribution in [-0.4, -0.2) is 34.7 Å². The van der Waals surface area contributed by atoms with Gasteiger partial charge in [0, 0.05) is 18.8 Å². The van der Waals surface area contributed by atoms with Crippen LogP contribution in [0, 0.1) is 11.7 Å². The van der Waals surface area contributed by atoms with Crippen LogP contribution in [-0.2, 0) is 11.2 Å². The molecule has 1 aliphatic rings. The normalized spacial score (nSPS) is 19.2. The quantitative estimate of drug-likeness (QED) is 0.836. The zero-order chi connectivity index (χ0) is 14.8. The number of halogens is 1. The van der Waals surface area contributed by atoms with E-state index in [1.165, 1.54) is 12.3 Å². The minimum absolute atomic E-state index is 0.257. The Morgan fingerprint density at radius 1 is 1.50 bits per heavy atom. The third-order valence-electron chi connectivity index (χ3n) is 3.22. The van der Waals surface area contributed by atoms with Crippen molar-refractivity contribution >= 4 is 6.09 Å². The Labute approximate surface area is 118 Å². The van der Waals surface area contributed by atoms with Gasteiger partial charge in [-0.1, -0.05) is 0 Å². The Bertz CT molecular complexity index is 468. The Morgan fingerprint density at radius 3 is 2.85 bits per heavy atom. The topological polar surface area (TPSA) is 42.4 Å². The fraction of sp³-hybridized carbons (Fsp3) is 0.600. The van der Waals surface area contributed by atoms with Gasteiger partial charge in [-0.15, -0.1) is 0 Å². The molecule has 0 saturated carbocycles. The van der Waals surface area contributed by atoms with E-state index in [0.717, 1.165) is 18.5 Å². The molecule has 20 heavy (non-hydrogen) atoms. The highest BCUT2D eigenvalue weighted by atomic mass is 19.1. The fourth-order valence-corrected chi connectivity index (χ4v) is 2.31. The molecule has 0 N–H and O–H groups in total. The average molecular weight is 280 g/mol. The minimum Gasteiger partial charge on any atom is -0.444 e. The molecule has 1 amide bonds. The first-order valence-electron chi connectivity index (χ1n) is 6.92. The molecular weight excluding hydrogens is 259 g/mol. The van der Waals surface area contributed by atoms with Crippen molar-refractivity contribution in [2.75, 3.05) is 13.1 Å². The number of ether oxygens (including phenoxy) is 1. The van der Waals surface area contributed by atoms with E-state index in [1.807, 2.05) is 20.8 Å². The second-order valence-electron chi connectivity index (χ2n) is 6.25. The first kappa shape index (κ1) is 14.8. The highest BCUT2D eigenvalue weighted by molar-refractivity contribution is 5.68. The van der Waals surface area contributed by atoms with E-state index in [1.54, 1.807) is 11.0 Å². The van der Waals surface area contributed by atoms with Gasteiger partial charge in [0.05, 0.1) is 6.20 Å². The van der Waals surface area contributed by atoms with Crippen molar-refractivity contribution in [3.8, 4) is 0 Å². The molecule has 1 atom stereocenters. The zero-order valence-corrected chi connectivity index (χ0v) is 12.2. The molecular formula is C15H21FN2O2. The smallest absolute Gasteiger partial charge is 0.410 e. The first-order chi connectivity index (χ1) is 9.33.